The number of aromatic nitrogens is 4. The minimum atomic E-state index is 0.499. The SMILES string of the molecule is Clc1ccc(-n2nc(C3CCC(Cc4cccnc4)CC3)c3ccncc32)cc1. The molecular weight excluding hydrogens is 380 g/mol. The molecule has 0 radical (unpaired) electrons. The average Bonchev–Trinajstić information content (AvgIpc) is 3.15. The van der Waals surface area contributed by atoms with Gasteiger partial charge in [-0.15, -0.1) is 0 Å². The van der Waals surface area contributed by atoms with Crippen LogP contribution in [-0.2, 0) is 6.42 Å². The van der Waals surface area contributed by atoms with Crippen LogP contribution >= 0.6 is 11.6 Å². The Balaban J connectivity index is 1.39. The Bertz CT molecular complexity index is 1100. The fourth-order valence-electron chi connectivity index (χ4n) is 4.56. The lowest BCUT2D eigenvalue weighted by Gasteiger charge is -2.27. The molecule has 3 aromatic heterocycles. The van der Waals surface area contributed by atoms with Crippen molar-refractivity contribution in [3.63, 3.8) is 0 Å². The summed E-state index contributed by atoms with van der Waals surface area (Å²) in [6, 6.07) is 14.2. The molecule has 0 N–H and O–H groups in total. The zero-order valence-electron chi connectivity index (χ0n) is 16.2. The number of benzene rings is 1. The summed E-state index contributed by atoms with van der Waals surface area (Å²) in [6.45, 7) is 0. The number of halogens is 1. The van der Waals surface area contributed by atoms with E-state index in [-0.39, 0.29) is 0 Å². The minimum absolute atomic E-state index is 0.499. The molecule has 1 aliphatic rings. The maximum absolute atomic E-state index is 6.07. The van der Waals surface area contributed by atoms with E-state index in [1.165, 1.54) is 42.3 Å². The number of rotatable bonds is 4. The van der Waals surface area contributed by atoms with E-state index < -0.39 is 0 Å². The van der Waals surface area contributed by atoms with Crippen molar-refractivity contribution in [2.45, 2.75) is 38.0 Å². The third-order valence-electron chi connectivity index (χ3n) is 6.06. The second kappa shape index (κ2) is 7.96. The van der Waals surface area contributed by atoms with Crippen molar-refractivity contribution in [2.75, 3.05) is 0 Å². The lowest BCUT2D eigenvalue weighted by atomic mass is 9.78. The predicted octanol–water partition coefficient (Wildman–Crippen LogP) is 5.99. The quantitative estimate of drug-likeness (QED) is 0.421. The van der Waals surface area contributed by atoms with E-state index in [4.69, 9.17) is 16.7 Å². The van der Waals surface area contributed by atoms with Crippen LogP contribution in [0.15, 0.2) is 67.3 Å². The molecule has 29 heavy (non-hydrogen) atoms. The highest BCUT2D eigenvalue weighted by Crippen LogP contribution is 2.39. The molecule has 146 valence electrons. The zero-order valence-corrected chi connectivity index (χ0v) is 17.0. The van der Waals surface area contributed by atoms with E-state index in [1.54, 1.807) is 0 Å². The van der Waals surface area contributed by atoms with Crippen LogP contribution in [0.3, 0.4) is 0 Å². The van der Waals surface area contributed by atoms with E-state index in [1.807, 2.05) is 59.8 Å². The molecule has 0 amide bonds. The predicted molar refractivity (Wildman–Crippen MR) is 117 cm³/mol. The van der Waals surface area contributed by atoms with Gasteiger partial charge in [-0.1, -0.05) is 17.7 Å². The summed E-state index contributed by atoms with van der Waals surface area (Å²) in [6.07, 6.45) is 13.6. The van der Waals surface area contributed by atoms with Crippen molar-refractivity contribution < 1.29 is 0 Å². The Labute approximate surface area is 175 Å². The number of pyridine rings is 2. The average molecular weight is 403 g/mol. The Kier molecular flexibility index (Phi) is 5.03. The molecular formula is C24H23ClN4. The van der Waals surface area contributed by atoms with Crippen LogP contribution in [0.2, 0.25) is 5.02 Å². The van der Waals surface area contributed by atoms with Gasteiger partial charge in [0.2, 0.25) is 0 Å². The van der Waals surface area contributed by atoms with Crippen LogP contribution in [0.4, 0.5) is 0 Å². The minimum Gasteiger partial charge on any atom is -0.264 e. The highest BCUT2D eigenvalue weighted by Gasteiger charge is 2.26. The van der Waals surface area contributed by atoms with Crippen LogP contribution in [0.1, 0.15) is 42.9 Å². The highest BCUT2D eigenvalue weighted by atomic mass is 35.5. The monoisotopic (exact) mass is 402 g/mol. The summed E-state index contributed by atoms with van der Waals surface area (Å²) in [5.41, 5.74) is 4.63. The van der Waals surface area contributed by atoms with Crippen molar-refractivity contribution in [1.29, 1.82) is 0 Å². The number of hydrogen-bond acceptors (Lipinski definition) is 3. The van der Waals surface area contributed by atoms with Crippen LogP contribution in [0.25, 0.3) is 16.6 Å². The molecule has 4 nitrogen and oxygen atoms in total. The van der Waals surface area contributed by atoms with Gasteiger partial charge in [0.15, 0.2) is 0 Å². The van der Waals surface area contributed by atoms with E-state index in [2.05, 4.69) is 22.1 Å². The van der Waals surface area contributed by atoms with Crippen molar-refractivity contribution in [1.82, 2.24) is 19.7 Å². The molecule has 3 heterocycles. The molecule has 0 atom stereocenters. The summed E-state index contributed by atoms with van der Waals surface area (Å²) < 4.78 is 2.01. The summed E-state index contributed by atoms with van der Waals surface area (Å²) in [5.74, 6) is 1.24. The van der Waals surface area contributed by atoms with Gasteiger partial charge in [0.05, 0.1) is 23.1 Å². The molecule has 1 fully saturated rings. The van der Waals surface area contributed by atoms with E-state index >= 15 is 0 Å². The van der Waals surface area contributed by atoms with Gasteiger partial charge in [-0.05, 0) is 80.0 Å². The molecule has 4 aromatic rings. The Hall–Kier alpha value is -2.72. The van der Waals surface area contributed by atoms with Gasteiger partial charge in [0.1, 0.15) is 0 Å². The van der Waals surface area contributed by atoms with Crippen LogP contribution in [0, 0.1) is 5.92 Å². The van der Waals surface area contributed by atoms with Crippen LogP contribution in [0.5, 0.6) is 0 Å². The van der Waals surface area contributed by atoms with Gasteiger partial charge in [-0.3, -0.25) is 9.97 Å². The van der Waals surface area contributed by atoms with Gasteiger partial charge in [-0.25, -0.2) is 4.68 Å². The zero-order chi connectivity index (χ0) is 19.6. The Morgan fingerprint density at radius 1 is 0.897 bits per heavy atom. The molecule has 0 saturated heterocycles. The normalized spacial score (nSPS) is 19.5. The Morgan fingerprint density at radius 2 is 1.69 bits per heavy atom. The van der Waals surface area contributed by atoms with Gasteiger partial charge in [0.25, 0.3) is 0 Å². The summed E-state index contributed by atoms with van der Waals surface area (Å²) in [4.78, 5) is 8.60. The molecule has 1 saturated carbocycles. The molecule has 1 aliphatic carbocycles. The standard InChI is InChI=1S/C24H23ClN4/c25-20-7-9-21(10-8-20)29-23-16-27-13-11-22(23)24(28-29)19-5-3-17(4-6-19)14-18-2-1-12-26-15-18/h1-2,7-13,15-17,19H,3-6,14H2. The molecule has 1 aromatic carbocycles. The summed E-state index contributed by atoms with van der Waals surface area (Å²) >= 11 is 6.07. The van der Waals surface area contributed by atoms with Crippen LogP contribution in [-0.4, -0.2) is 19.7 Å². The summed E-state index contributed by atoms with van der Waals surface area (Å²) in [5, 5.41) is 6.99. The molecule has 0 spiro atoms. The second-order valence-corrected chi connectivity index (χ2v) is 8.39. The first kappa shape index (κ1) is 18.3. The smallest absolute Gasteiger partial charge is 0.0927 e. The number of hydrogen-bond donors (Lipinski definition) is 0. The first-order valence-corrected chi connectivity index (χ1v) is 10.6. The van der Waals surface area contributed by atoms with Gasteiger partial charge >= 0.3 is 0 Å². The maximum atomic E-state index is 6.07. The third-order valence-corrected chi connectivity index (χ3v) is 6.32. The molecule has 0 unspecified atom stereocenters. The number of fused-ring (bicyclic) bond motifs is 1. The molecule has 0 aliphatic heterocycles. The van der Waals surface area contributed by atoms with E-state index in [0.29, 0.717) is 5.92 Å². The first-order chi connectivity index (χ1) is 14.3. The largest absolute Gasteiger partial charge is 0.264 e. The fraction of sp³-hybridized carbons (Fsp3) is 0.292. The van der Waals surface area contributed by atoms with Gasteiger partial charge < -0.3 is 0 Å². The third kappa shape index (κ3) is 3.77. The lowest BCUT2D eigenvalue weighted by molar-refractivity contribution is 0.321. The first-order valence-electron chi connectivity index (χ1n) is 10.3. The lowest BCUT2D eigenvalue weighted by Crippen LogP contribution is -2.16. The molecule has 5 rings (SSSR count). The highest BCUT2D eigenvalue weighted by molar-refractivity contribution is 6.30. The van der Waals surface area contributed by atoms with E-state index in [0.717, 1.165) is 28.6 Å². The second-order valence-electron chi connectivity index (χ2n) is 7.95. The van der Waals surface area contributed by atoms with Gasteiger partial charge in [-0.2, -0.15) is 5.10 Å². The van der Waals surface area contributed by atoms with Crippen molar-refractivity contribution in [3.8, 4) is 5.69 Å². The van der Waals surface area contributed by atoms with Crippen molar-refractivity contribution in [2.24, 2.45) is 5.92 Å². The fourth-order valence-corrected chi connectivity index (χ4v) is 4.69. The topological polar surface area (TPSA) is 43.6 Å². The number of nitrogens with zero attached hydrogens (tertiary/aromatic N) is 4. The van der Waals surface area contributed by atoms with E-state index in [9.17, 15) is 0 Å². The maximum Gasteiger partial charge on any atom is 0.0927 e. The van der Waals surface area contributed by atoms with Crippen molar-refractivity contribution >= 4 is 22.5 Å². The van der Waals surface area contributed by atoms with Crippen molar-refractivity contribution in [3.05, 3.63) is 83.5 Å². The van der Waals surface area contributed by atoms with Gasteiger partial charge in [0, 0.05) is 34.9 Å². The van der Waals surface area contributed by atoms with Crippen LogP contribution < -0.4 is 0 Å². The molecule has 5 heteroatoms. The summed E-state index contributed by atoms with van der Waals surface area (Å²) in [7, 11) is 0. The Morgan fingerprint density at radius 3 is 2.45 bits per heavy atom. The molecule has 0 bridgehead atoms.